The Hall–Kier alpha value is -3.54. The molecule has 0 bridgehead atoms. The van der Waals surface area contributed by atoms with Crippen molar-refractivity contribution in [2.45, 2.75) is 0 Å². The highest BCUT2D eigenvalue weighted by Gasteiger charge is 2.13. The number of pyridine rings is 1. The van der Waals surface area contributed by atoms with Gasteiger partial charge in [-0.05, 0) is 30.3 Å². The number of hydrogen-bond donors (Lipinski definition) is 2. The van der Waals surface area contributed by atoms with Crippen molar-refractivity contribution in [2.75, 3.05) is 23.7 Å². The van der Waals surface area contributed by atoms with Gasteiger partial charge in [0, 0.05) is 42.3 Å². The zero-order valence-corrected chi connectivity index (χ0v) is 17.0. The number of halogens is 2. The van der Waals surface area contributed by atoms with Crippen LogP contribution >= 0.6 is 23.2 Å². The predicted octanol–water partition coefficient (Wildman–Crippen LogP) is 4.18. The van der Waals surface area contributed by atoms with Gasteiger partial charge in [-0.1, -0.05) is 23.2 Å². The minimum atomic E-state index is 0.425. The number of nitrogens with one attached hydrogen (secondary N) is 2. The highest BCUT2D eigenvalue weighted by atomic mass is 35.5. The van der Waals surface area contributed by atoms with Gasteiger partial charge in [-0.2, -0.15) is 5.26 Å². The van der Waals surface area contributed by atoms with Crippen molar-refractivity contribution >= 4 is 46.0 Å². The maximum absolute atomic E-state index is 8.83. The average Bonchev–Trinajstić information content (AvgIpc) is 2.77. The number of nitriles is 1. The lowest BCUT2D eigenvalue weighted by molar-refractivity contribution is 1.04. The maximum Gasteiger partial charge on any atom is 0.184 e. The smallest absolute Gasteiger partial charge is 0.184 e. The summed E-state index contributed by atoms with van der Waals surface area (Å²) in [6.45, 7) is 1.11. The van der Waals surface area contributed by atoms with Crippen LogP contribution in [0.2, 0.25) is 10.0 Å². The van der Waals surface area contributed by atoms with Crippen LogP contribution in [0.15, 0.2) is 48.9 Å². The molecule has 0 aliphatic carbocycles. The zero-order valence-electron chi connectivity index (χ0n) is 15.5. The number of fused-ring (bicyclic) bond motifs is 1. The highest BCUT2D eigenvalue weighted by molar-refractivity contribution is 6.36. The van der Waals surface area contributed by atoms with Gasteiger partial charge in [0.15, 0.2) is 17.3 Å². The molecule has 30 heavy (non-hydrogen) atoms. The van der Waals surface area contributed by atoms with Crippen molar-refractivity contribution < 1.29 is 0 Å². The molecule has 4 rings (SSSR count). The summed E-state index contributed by atoms with van der Waals surface area (Å²) >= 11 is 12.3. The Balaban J connectivity index is 1.54. The van der Waals surface area contributed by atoms with Crippen molar-refractivity contribution in [1.82, 2.24) is 24.9 Å². The van der Waals surface area contributed by atoms with E-state index >= 15 is 0 Å². The third kappa shape index (κ3) is 4.38. The molecule has 8 nitrogen and oxygen atoms in total. The van der Waals surface area contributed by atoms with Gasteiger partial charge in [0.25, 0.3) is 0 Å². The molecule has 1 aromatic carbocycles. The average molecular weight is 437 g/mol. The molecule has 4 aromatic rings. The summed E-state index contributed by atoms with van der Waals surface area (Å²) in [6, 6.07) is 10.6. The van der Waals surface area contributed by atoms with E-state index in [4.69, 9.17) is 28.5 Å². The summed E-state index contributed by atoms with van der Waals surface area (Å²) < 4.78 is 0. The monoisotopic (exact) mass is 436 g/mol. The van der Waals surface area contributed by atoms with Gasteiger partial charge in [-0.25, -0.2) is 24.9 Å². The van der Waals surface area contributed by atoms with Crippen molar-refractivity contribution in [3.05, 3.63) is 64.5 Å². The van der Waals surface area contributed by atoms with Crippen LogP contribution in [0.4, 0.5) is 11.6 Å². The van der Waals surface area contributed by atoms with E-state index in [1.54, 1.807) is 42.7 Å². The fourth-order valence-electron chi connectivity index (χ4n) is 2.71. The minimum Gasteiger partial charge on any atom is -0.368 e. The van der Waals surface area contributed by atoms with Crippen molar-refractivity contribution in [1.29, 1.82) is 5.26 Å². The van der Waals surface area contributed by atoms with Gasteiger partial charge in [0.2, 0.25) is 0 Å². The maximum atomic E-state index is 8.83. The fourth-order valence-corrected chi connectivity index (χ4v) is 3.21. The normalized spacial score (nSPS) is 10.6. The molecular weight excluding hydrogens is 423 g/mol. The second-order valence-corrected chi connectivity index (χ2v) is 6.99. The van der Waals surface area contributed by atoms with E-state index in [0.717, 1.165) is 0 Å². The first-order chi connectivity index (χ1) is 14.6. The van der Waals surface area contributed by atoms with Crippen molar-refractivity contribution in [2.24, 2.45) is 0 Å². The lowest BCUT2D eigenvalue weighted by atomic mass is 10.2. The first-order valence-corrected chi connectivity index (χ1v) is 9.68. The van der Waals surface area contributed by atoms with E-state index in [1.165, 1.54) is 6.20 Å². The summed E-state index contributed by atoms with van der Waals surface area (Å²) in [6.07, 6.45) is 4.68. The van der Waals surface area contributed by atoms with E-state index in [9.17, 15) is 0 Å². The van der Waals surface area contributed by atoms with Gasteiger partial charge in [-0.3, -0.25) is 0 Å². The molecule has 0 unspecified atom stereocenters. The van der Waals surface area contributed by atoms with Crippen LogP contribution in [0.3, 0.4) is 0 Å². The summed E-state index contributed by atoms with van der Waals surface area (Å²) in [5, 5.41) is 16.2. The van der Waals surface area contributed by atoms with E-state index in [-0.39, 0.29) is 0 Å². The summed E-state index contributed by atoms with van der Waals surface area (Å²) in [5.41, 5.74) is 2.18. The Morgan fingerprint density at radius 1 is 0.933 bits per heavy atom. The molecule has 3 heterocycles. The molecule has 0 saturated heterocycles. The minimum absolute atomic E-state index is 0.425. The molecule has 148 valence electrons. The number of aromatic nitrogens is 5. The first-order valence-electron chi connectivity index (χ1n) is 8.92. The topological polar surface area (TPSA) is 112 Å². The molecule has 3 aromatic heterocycles. The van der Waals surface area contributed by atoms with Gasteiger partial charge in [0.1, 0.15) is 17.4 Å². The number of anilines is 2. The molecule has 0 atom stereocenters. The largest absolute Gasteiger partial charge is 0.368 e. The molecule has 2 N–H and O–H groups in total. The number of nitrogens with zero attached hydrogens (tertiary/aromatic N) is 6. The quantitative estimate of drug-likeness (QED) is 0.432. The summed E-state index contributed by atoms with van der Waals surface area (Å²) in [7, 11) is 0. The Labute approximate surface area is 182 Å². The number of benzene rings is 1. The Morgan fingerprint density at radius 3 is 2.53 bits per heavy atom. The Morgan fingerprint density at radius 2 is 1.77 bits per heavy atom. The standard InChI is InChI=1S/C20H14Cl2N8/c21-13-2-3-14(15(22)9-13)18-29-19(17-20(30-18)27-8-6-25-17)26-7-5-24-16-4-1-12(10-23)11-28-16/h1-4,6,8-9,11H,5,7H2,(H,24,28)(H,26,27,29,30). The van der Waals surface area contributed by atoms with E-state index in [2.05, 4.69) is 35.6 Å². The van der Waals surface area contributed by atoms with Crippen molar-refractivity contribution in [3.8, 4) is 17.5 Å². The number of hydrogen-bond acceptors (Lipinski definition) is 8. The van der Waals surface area contributed by atoms with Crippen LogP contribution in [0.5, 0.6) is 0 Å². The third-order valence-electron chi connectivity index (χ3n) is 4.12. The molecule has 0 saturated carbocycles. The zero-order chi connectivity index (χ0) is 20.9. The molecule has 0 radical (unpaired) electrons. The van der Waals surface area contributed by atoms with Crippen LogP contribution in [-0.2, 0) is 0 Å². The fraction of sp³-hybridized carbons (Fsp3) is 0.100. The SMILES string of the molecule is N#Cc1ccc(NCCNc2nc(-c3ccc(Cl)cc3Cl)nc3nccnc23)nc1. The molecular formula is C20H14Cl2N8. The second kappa shape index (κ2) is 8.86. The Kier molecular flexibility index (Phi) is 5.84. The molecule has 0 fully saturated rings. The van der Waals surface area contributed by atoms with Gasteiger partial charge < -0.3 is 10.6 Å². The highest BCUT2D eigenvalue weighted by Crippen LogP contribution is 2.30. The van der Waals surface area contributed by atoms with Crippen molar-refractivity contribution in [3.63, 3.8) is 0 Å². The van der Waals surface area contributed by atoms with Crippen LogP contribution in [0, 0.1) is 11.3 Å². The molecule has 0 spiro atoms. The molecule has 0 aliphatic rings. The first kappa shape index (κ1) is 19.8. The second-order valence-electron chi connectivity index (χ2n) is 6.15. The summed E-state index contributed by atoms with van der Waals surface area (Å²) in [5.74, 6) is 1.65. The Bertz CT molecular complexity index is 1240. The summed E-state index contributed by atoms with van der Waals surface area (Å²) in [4.78, 5) is 21.9. The van der Waals surface area contributed by atoms with Crippen LogP contribution in [0.25, 0.3) is 22.6 Å². The lowest BCUT2D eigenvalue weighted by Crippen LogP contribution is -2.16. The van der Waals surface area contributed by atoms with Crippen LogP contribution < -0.4 is 10.6 Å². The van der Waals surface area contributed by atoms with E-state index in [0.29, 0.717) is 62.9 Å². The molecule has 0 amide bonds. The third-order valence-corrected chi connectivity index (χ3v) is 4.67. The molecule has 0 aliphatic heterocycles. The van der Waals surface area contributed by atoms with Crippen LogP contribution in [-0.4, -0.2) is 38.0 Å². The number of rotatable bonds is 6. The molecule has 10 heteroatoms. The lowest BCUT2D eigenvalue weighted by Gasteiger charge is -2.11. The van der Waals surface area contributed by atoms with E-state index < -0.39 is 0 Å². The van der Waals surface area contributed by atoms with Gasteiger partial charge in [-0.15, -0.1) is 0 Å². The van der Waals surface area contributed by atoms with Gasteiger partial charge >= 0.3 is 0 Å². The predicted molar refractivity (Wildman–Crippen MR) is 117 cm³/mol. The van der Waals surface area contributed by atoms with Crippen LogP contribution in [0.1, 0.15) is 5.56 Å². The van der Waals surface area contributed by atoms with Gasteiger partial charge in [0.05, 0.1) is 10.6 Å². The van der Waals surface area contributed by atoms with E-state index in [1.807, 2.05) is 6.07 Å².